The quantitative estimate of drug-likeness (QED) is 0.745. The molecule has 2 fully saturated rings. The summed E-state index contributed by atoms with van der Waals surface area (Å²) in [5, 5.41) is 0.514. The van der Waals surface area contributed by atoms with Crippen molar-refractivity contribution in [2.24, 2.45) is 0 Å². The second kappa shape index (κ2) is 9.69. The van der Waals surface area contributed by atoms with Crippen LogP contribution in [0.3, 0.4) is 0 Å². The predicted octanol–water partition coefficient (Wildman–Crippen LogP) is 2.95. The molecule has 1 aromatic rings. The first kappa shape index (κ1) is 20.3. The first-order chi connectivity index (χ1) is 13.1. The predicted molar refractivity (Wildman–Crippen MR) is 114 cm³/mol. The van der Waals surface area contributed by atoms with E-state index in [2.05, 4.69) is 40.7 Å². The normalized spacial score (nSPS) is 21.6. The fourth-order valence-electron chi connectivity index (χ4n) is 3.95. The average molecular weight is 392 g/mol. The van der Waals surface area contributed by atoms with Crippen molar-refractivity contribution in [3.8, 4) is 5.75 Å². The average Bonchev–Trinajstić information content (AvgIpc) is 2.72. The van der Waals surface area contributed by atoms with Crippen molar-refractivity contribution < 1.29 is 9.53 Å². The number of methoxy groups -OCH3 is 1. The van der Waals surface area contributed by atoms with Gasteiger partial charge in [-0.1, -0.05) is 13.8 Å². The van der Waals surface area contributed by atoms with E-state index in [1.54, 1.807) is 18.9 Å². The molecule has 2 heterocycles. The van der Waals surface area contributed by atoms with Crippen LogP contribution in [0.15, 0.2) is 24.3 Å². The Kier molecular flexibility index (Phi) is 7.30. The molecular formula is C21H33N3O2S. The molecule has 2 aliphatic heterocycles. The van der Waals surface area contributed by atoms with Crippen molar-refractivity contribution in [1.82, 2.24) is 9.80 Å². The number of thioether (sulfide) groups is 1. The van der Waals surface area contributed by atoms with E-state index in [0.29, 0.717) is 23.0 Å². The molecule has 1 unspecified atom stereocenters. The summed E-state index contributed by atoms with van der Waals surface area (Å²) < 4.78 is 5.25. The lowest BCUT2D eigenvalue weighted by atomic mass is 10.0. The molecule has 5 nitrogen and oxygen atoms in total. The molecular weight excluding hydrogens is 358 g/mol. The van der Waals surface area contributed by atoms with Crippen molar-refractivity contribution in [3.05, 3.63) is 24.3 Å². The van der Waals surface area contributed by atoms with Gasteiger partial charge in [0.05, 0.1) is 12.9 Å². The van der Waals surface area contributed by atoms with Crippen LogP contribution in [0.5, 0.6) is 5.75 Å². The summed E-state index contributed by atoms with van der Waals surface area (Å²) in [6, 6.07) is 8.86. The molecule has 27 heavy (non-hydrogen) atoms. The van der Waals surface area contributed by atoms with Crippen LogP contribution < -0.4 is 9.64 Å². The molecule has 0 aliphatic carbocycles. The molecule has 0 radical (unpaired) electrons. The maximum absolute atomic E-state index is 12.5. The minimum atomic E-state index is 0.315. The van der Waals surface area contributed by atoms with Gasteiger partial charge in [-0.25, -0.2) is 0 Å². The smallest absolute Gasteiger partial charge is 0.232 e. The van der Waals surface area contributed by atoms with E-state index in [1.807, 2.05) is 12.1 Å². The highest BCUT2D eigenvalue weighted by molar-refractivity contribution is 8.00. The standard InChI is InChI=1S/C21H33N3O2S/c1-17(2)27-16-21(25)24-10-4-5-19(15-24)23-13-11-22(12-14-23)18-6-8-20(26-3)9-7-18/h6-9,17,19H,4-5,10-16H2,1-3H3. The Hall–Kier alpha value is -1.40. The zero-order chi connectivity index (χ0) is 19.2. The van der Waals surface area contributed by atoms with Crippen molar-refractivity contribution in [3.63, 3.8) is 0 Å². The molecule has 0 bridgehead atoms. The fraction of sp³-hybridized carbons (Fsp3) is 0.667. The van der Waals surface area contributed by atoms with Gasteiger partial charge in [-0.05, 0) is 42.4 Å². The van der Waals surface area contributed by atoms with Gasteiger partial charge in [0.15, 0.2) is 0 Å². The van der Waals surface area contributed by atoms with Crippen LogP contribution in [0.4, 0.5) is 5.69 Å². The first-order valence-corrected chi connectivity index (χ1v) is 11.1. The monoisotopic (exact) mass is 391 g/mol. The van der Waals surface area contributed by atoms with Crippen LogP contribution in [0, 0.1) is 0 Å². The van der Waals surface area contributed by atoms with Crippen LogP contribution in [0.25, 0.3) is 0 Å². The minimum absolute atomic E-state index is 0.315. The highest BCUT2D eigenvalue weighted by atomic mass is 32.2. The van der Waals surface area contributed by atoms with Gasteiger partial charge in [-0.3, -0.25) is 9.69 Å². The van der Waals surface area contributed by atoms with E-state index in [0.717, 1.165) is 51.4 Å². The number of anilines is 1. The second-order valence-corrected chi connectivity index (χ2v) is 9.28. The zero-order valence-electron chi connectivity index (χ0n) is 16.9. The molecule has 1 atom stereocenters. The van der Waals surface area contributed by atoms with Gasteiger partial charge in [0.2, 0.25) is 5.91 Å². The molecule has 6 heteroatoms. The minimum Gasteiger partial charge on any atom is -0.497 e. The molecule has 3 rings (SSSR count). The summed E-state index contributed by atoms with van der Waals surface area (Å²) >= 11 is 1.75. The van der Waals surface area contributed by atoms with E-state index in [9.17, 15) is 4.79 Å². The zero-order valence-corrected chi connectivity index (χ0v) is 17.7. The Bertz CT molecular complexity index is 600. The summed E-state index contributed by atoms with van der Waals surface area (Å²) in [6.45, 7) is 10.4. The molecule has 1 amide bonds. The van der Waals surface area contributed by atoms with Crippen molar-refractivity contribution in [2.75, 3.05) is 57.0 Å². The van der Waals surface area contributed by atoms with Gasteiger partial charge in [-0.2, -0.15) is 0 Å². The molecule has 2 saturated heterocycles. The van der Waals surface area contributed by atoms with E-state index in [-0.39, 0.29) is 0 Å². The third-order valence-corrected chi connectivity index (χ3v) is 6.64. The third-order valence-electron chi connectivity index (χ3n) is 5.56. The number of hydrogen-bond donors (Lipinski definition) is 0. The molecule has 0 saturated carbocycles. The van der Waals surface area contributed by atoms with Crippen LogP contribution in [0.1, 0.15) is 26.7 Å². The summed E-state index contributed by atoms with van der Waals surface area (Å²) in [5.41, 5.74) is 1.27. The second-order valence-electron chi connectivity index (χ2n) is 7.72. The van der Waals surface area contributed by atoms with E-state index in [1.165, 1.54) is 12.1 Å². The highest BCUT2D eigenvalue weighted by Gasteiger charge is 2.30. The largest absolute Gasteiger partial charge is 0.497 e. The van der Waals surface area contributed by atoms with Crippen LogP contribution in [0.2, 0.25) is 0 Å². The number of hydrogen-bond acceptors (Lipinski definition) is 5. The molecule has 150 valence electrons. The summed E-state index contributed by atoms with van der Waals surface area (Å²) in [4.78, 5) is 19.6. The van der Waals surface area contributed by atoms with Crippen LogP contribution >= 0.6 is 11.8 Å². The SMILES string of the molecule is COc1ccc(N2CCN(C3CCCN(C(=O)CSC(C)C)C3)CC2)cc1. The van der Waals surface area contributed by atoms with Gasteiger partial charge < -0.3 is 14.5 Å². The number of nitrogens with zero attached hydrogens (tertiary/aromatic N) is 3. The van der Waals surface area contributed by atoms with E-state index in [4.69, 9.17) is 4.74 Å². The molecule has 0 spiro atoms. The van der Waals surface area contributed by atoms with E-state index < -0.39 is 0 Å². The Balaban J connectivity index is 1.49. The van der Waals surface area contributed by atoms with Gasteiger partial charge in [0.25, 0.3) is 0 Å². The van der Waals surface area contributed by atoms with Crippen molar-refractivity contribution in [1.29, 1.82) is 0 Å². The van der Waals surface area contributed by atoms with Crippen molar-refractivity contribution in [2.45, 2.75) is 38.0 Å². The van der Waals surface area contributed by atoms with Crippen LogP contribution in [-0.2, 0) is 4.79 Å². The maximum atomic E-state index is 12.5. The lowest BCUT2D eigenvalue weighted by Crippen LogP contribution is -2.56. The van der Waals surface area contributed by atoms with Crippen LogP contribution in [-0.4, -0.2) is 79.1 Å². The van der Waals surface area contributed by atoms with Crippen molar-refractivity contribution >= 4 is 23.4 Å². The summed E-state index contributed by atoms with van der Waals surface area (Å²) in [6.07, 6.45) is 2.34. The van der Waals surface area contributed by atoms with Gasteiger partial charge >= 0.3 is 0 Å². The van der Waals surface area contributed by atoms with E-state index >= 15 is 0 Å². The maximum Gasteiger partial charge on any atom is 0.232 e. The van der Waals surface area contributed by atoms with Gasteiger partial charge in [0.1, 0.15) is 5.75 Å². The molecule has 2 aliphatic rings. The number of likely N-dealkylation sites (tertiary alicyclic amines) is 1. The lowest BCUT2D eigenvalue weighted by molar-refractivity contribution is -0.130. The molecule has 0 aromatic heterocycles. The Morgan fingerprint density at radius 3 is 2.48 bits per heavy atom. The lowest BCUT2D eigenvalue weighted by Gasteiger charge is -2.44. The highest BCUT2D eigenvalue weighted by Crippen LogP contribution is 2.23. The fourth-order valence-corrected chi connectivity index (χ4v) is 4.61. The number of piperazine rings is 1. The first-order valence-electron chi connectivity index (χ1n) is 10.1. The number of rotatable bonds is 6. The Labute approximate surface area is 168 Å². The summed E-state index contributed by atoms with van der Waals surface area (Å²) in [7, 11) is 1.70. The number of carbonyl (C=O) groups is 1. The number of piperidine rings is 1. The Morgan fingerprint density at radius 1 is 1.15 bits per heavy atom. The molecule has 1 aromatic carbocycles. The number of benzene rings is 1. The number of amides is 1. The summed E-state index contributed by atoms with van der Waals surface area (Å²) in [5.74, 6) is 1.84. The molecule has 0 N–H and O–H groups in total. The topological polar surface area (TPSA) is 36.0 Å². The Morgan fingerprint density at radius 2 is 1.85 bits per heavy atom. The van der Waals surface area contributed by atoms with Gasteiger partial charge in [0, 0.05) is 51.0 Å². The van der Waals surface area contributed by atoms with Gasteiger partial charge in [-0.15, -0.1) is 11.8 Å². The number of carbonyl (C=O) groups excluding carboxylic acids is 1. The third kappa shape index (κ3) is 5.55. The number of ether oxygens (including phenoxy) is 1.